The molecule has 25 heavy (non-hydrogen) atoms. The standard InChI is InChI=1S/C8H2F14O3/c9-2(4(12,13)14)24-8(21,22)5(15,6(16,17)18)25-7(19,20)3(10,11)1-23/h1-2H. The topological polar surface area (TPSA) is 35.5 Å². The number of hydrogen-bond donors (Lipinski definition) is 0. The van der Waals surface area contributed by atoms with Crippen LogP contribution in [0.4, 0.5) is 61.5 Å². The van der Waals surface area contributed by atoms with Gasteiger partial charge in [0.25, 0.3) is 6.36 Å². The van der Waals surface area contributed by atoms with Crippen molar-refractivity contribution in [1.29, 1.82) is 0 Å². The number of ether oxygens (including phenoxy) is 2. The van der Waals surface area contributed by atoms with Crippen LogP contribution in [0.5, 0.6) is 0 Å². The number of carbonyl (C=O) groups excluding carboxylic acids is 1. The highest BCUT2D eigenvalue weighted by Gasteiger charge is 2.80. The third kappa shape index (κ3) is 4.62. The lowest BCUT2D eigenvalue weighted by Crippen LogP contribution is -2.64. The molecule has 0 saturated heterocycles. The molecule has 0 aliphatic rings. The number of carbonyl (C=O) groups is 1. The van der Waals surface area contributed by atoms with E-state index in [1.54, 1.807) is 9.47 Å². The van der Waals surface area contributed by atoms with Gasteiger partial charge in [0.2, 0.25) is 0 Å². The summed E-state index contributed by atoms with van der Waals surface area (Å²) in [4.78, 5) is 9.63. The molecule has 0 heterocycles. The summed E-state index contributed by atoms with van der Waals surface area (Å²) in [5.41, 5.74) is 0. The van der Waals surface area contributed by atoms with E-state index in [4.69, 9.17) is 0 Å². The molecule has 150 valence electrons. The van der Waals surface area contributed by atoms with Crippen LogP contribution in [0.15, 0.2) is 0 Å². The van der Waals surface area contributed by atoms with Gasteiger partial charge in [-0.15, -0.1) is 0 Å². The van der Waals surface area contributed by atoms with Crippen molar-refractivity contribution in [2.45, 2.75) is 42.7 Å². The van der Waals surface area contributed by atoms with Gasteiger partial charge < -0.3 is 0 Å². The first-order valence-corrected chi connectivity index (χ1v) is 5.09. The van der Waals surface area contributed by atoms with Crippen LogP contribution in [0.3, 0.4) is 0 Å². The van der Waals surface area contributed by atoms with Crippen molar-refractivity contribution in [3.05, 3.63) is 0 Å². The molecule has 2 atom stereocenters. The number of halogens is 14. The second-order valence-corrected chi connectivity index (χ2v) is 3.94. The van der Waals surface area contributed by atoms with Gasteiger partial charge in [0.05, 0.1) is 0 Å². The molecule has 0 spiro atoms. The Morgan fingerprint density at radius 3 is 1.40 bits per heavy atom. The minimum Gasteiger partial charge on any atom is -0.296 e. The van der Waals surface area contributed by atoms with E-state index in [0.29, 0.717) is 0 Å². The van der Waals surface area contributed by atoms with Gasteiger partial charge in [-0.1, -0.05) is 0 Å². The molecule has 0 radical (unpaired) electrons. The SMILES string of the molecule is O=CC(F)(F)C(F)(F)OC(F)(C(F)(F)F)C(F)(F)OC(F)C(F)(F)F. The monoisotopic (exact) mass is 412 g/mol. The normalized spacial score (nSPS) is 18.6. The smallest absolute Gasteiger partial charge is 0.296 e. The highest BCUT2D eigenvalue weighted by Crippen LogP contribution is 2.52. The number of alkyl halides is 14. The Labute approximate surface area is 126 Å². The fourth-order valence-electron chi connectivity index (χ4n) is 0.868. The Balaban J connectivity index is 6.04. The molecule has 0 fully saturated rings. The lowest BCUT2D eigenvalue weighted by molar-refractivity contribution is -0.527. The average Bonchev–Trinajstić information content (AvgIpc) is 2.34. The largest absolute Gasteiger partial charge is 0.458 e. The first kappa shape index (κ1) is 23.6. The molecule has 0 aromatic heterocycles. The van der Waals surface area contributed by atoms with Crippen LogP contribution in [0.1, 0.15) is 0 Å². The predicted molar refractivity (Wildman–Crippen MR) is 43.9 cm³/mol. The Morgan fingerprint density at radius 2 is 1.12 bits per heavy atom. The molecule has 0 N–H and O–H groups in total. The Kier molecular flexibility index (Phi) is 6.05. The first-order valence-electron chi connectivity index (χ1n) is 5.09. The summed E-state index contributed by atoms with van der Waals surface area (Å²) in [5.74, 6) is -13.7. The fourth-order valence-corrected chi connectivity index (χ4v) is 0.868. The van der Waals surface area contributed by atoms with Crippen molar-refractivity contribution in [2.75, 3.05) is 0 Å². The average molecular weight is 412 g/mol. The maximum atomic E-state index is 13.3. The lowest BCUT2D eigenvalue weighted by atomic mass is 10.2. The quantitative estimate of drug-likeness (QED) is 0.466. The molecule has 0 bridgehead atoms. The molecule has 0 aromatic rings. The Hall–Kier alpha value is -1.39. The zero-order chi connectivity index (χ0) is 20.7. The van der Waals surface area contributed by atoms with Crippen molar-refractivity contribution >= 4 is 6.29 Å². The van der Waals surface area contributed by atoms with E-state index < -0.39 is 49.0 Å². The van der Waals surface area contributed by atoms with Gasteiger partial charge in [-0.3, -0.25) is 14.3 Å². The number of hydrogen-bond acceptors (Lipinski definition) is 3. The van der Waals surface area contributed by atoms with Crippen molar-refractivity contribution in [3.8, 4) is 0 Å². The maximum Gasteiger partial charge on any atom is 0.458 e. The predicted octanol–water partition coefficient (Wildman–Crippen LogP) is 4.13. The van der Waals surface area contributed by atoms with Gasteiger partial charge in [-0.05, 0) is 0 Å². The molecule has 0 aliphatic heterocycles. The van der Waals surface area contributed by atoms with Crippen molar-refractivity contribution < 1.29 is 75.7 Å². The highest BCUT2D eigenvalue weighted by molar-refractivity contribution is 5.61. The minimum atomic E-state index is -7.45. The number of rotatable bonds is 7. The second-order valence-electron chi connectivity index (χ2n) is 3.94. The van der Waals surface area contributed by atoms with E-state index in [9.17, 15) is 66.3 Å². The zero-order valence-corrected chi connectivity index (χ0v) is 10.7. The Bertz CT molecular complexity index is 481. The summed E-state index contributed by atoms with van der Waals surface area (Å²) >= 11 is 0. The van der Waals surface area contributed by atoms with Gasteiger partial charge in [-0.25, -0.2) is 4.39 Å². The van der Waals surface area contributed by atoms with E-state index in [1.165, 1.54) is 0 Å². The third-order valence-electron chi connectivity index (χ3n) is 2.05. The molecule has 0 aliphatic carbocycles. The summed E-state index contributed by atoms with van der Waals surface area (Å²) in [7, 11) is 0. The van der Waals surface area contributed by atoms with Gasteiger partial charge >= 0.3 is 36.3 Å². The molecular weight excluding hydrogens is 410 g/mol. The fraction of sp³-hybridized carbons (Fsp3) is 0.875. The van der Waals surface area contributed by atoms with Gasteiger partial charge in [0.15, 0.2) is 6.29 Å². The summed E-state index contributed by atoms with van der Waals surface area (Å²) in [5, 5.41) is 0. The summed E-state index contributed by atoms with van der Waals surface area (Å²) in [6.07, 6.45) is -35.6. The minimum absolute atomic E-state index is 1.61. The van der Waals surface area contributed by atoms with Gasteiger partial charge in [-0.2, -0.15) is 57.1 Å². The maximum absolute atomic E-state index is 13.3. The van der Waals surface area contributed by atoms with Crippen LogP contribution in [0.2, 0.25) is 0 Å². The summed E-state index contributed by atoms with van der Waals surface area (Å²) in [6, 6.07) is 0. The summed E-state index contributed by atoms with van der Waals surface area (Å²) < 4.78 is 177. The molecule has 2 unspecified atom stereocenters. The van der Waals surface area contributed by atoms with Gasteiger partial charge in [0.1, 0.15) is 0 Å². The van der Waals surface area contributed by atoms with E-state index >= 15 is 0 Å². The third-order valence-corrected chi connectivity index (χ3v) is 2.05. The van der Waals surface area contributed by atoms with Gasteiger partial charge in [0, 0.05) is 0 Å². The Morgan fingerprint density at radius 1 is 0.720 bits per heavy atom. The summed E-state index contributed by atoms with van der Waals surface area (Å²) in [6.45, 7) is 0. The molecule has 0 saturated carbocycles. The molecule has 0 rings (SSSR count). The van der Waals surface area contributed by atoms with Crippen LogP contribution in [0, 0.1) is 0 Å². The van der Waals surface area contributed by atoms with Crippen molar-refractivity contribution in [3.63, 3.8) is 0 Å². The van der Waals surface area contributed by atoms with Crippen LogP contribution in [-0.4, -0.2) is 49.0 Å². The lowest BCUT2D eigenvalue weighted by Gasteiger charge is -2.37. The number of aldehydes is 1. The molecule has 17 heteroatoms. The van der Waals surface area contributed by atoms with Crippen molar-refractivity contribution in [1.82, 2.24) is 0 Å². The van der Waals surface area contributed by atoms with Crippen molar-refractivity contribution in [2.24, 2.45) is 0 Å². The highest BCUT2D eigenvalue weighted by atomic mass is 19.4. The van der Waals surface area contributed by atoms with Crippen LogP contribution < -0.4 is 0 Å². The van der Waals surface area contributed by atoms with Crippen LogP contribution in [0.25, 0.3) is 0 Å². The van der Waals surface area contributed by atoms with E-state index in [2.05, 4.69) is 0 Å². The van der Waals surface area contributed by atoms with E-state index in [0.717, 1.165) is 0 Å². The molecule has 0 amide bonds. The van der Waals surface area contributed by atoms with E-state index in [1.807, 2.05) is 0 Å². The molecule has 3 nitrogen and oxygen atoms in total. The molecule has 0 aromatic carbocycles. The van der Waals surface area contributed by atoms with Crippen LogP contribution >= 0.6 is 0 Å². The second kappa shape index (κ2) is 6.40. The van der Waals surface area contributed by atoms with E-state index in [-0.39, 0.29) is 0 Å². The zero-order valence-electron chi connectivity index (χ0n) is 10.7. The molecular formula is C8H2F14O3. The first-order chi connectivity index (χ1) is 10.6. The van der Waals surface area contributed by atoms with Crippen LogP contribution in [-0.2, 0) is 14.3 Å².